The fourth-order valence-electron chi connectivity index (χ4n) is 1.16. The van der Waals surface area contributed by atoms with E-state index in [0.29, 0.717) is 0 Å². The van der Waals surface area contributed by atoms with Crippen molar-refractivity contribution in [3.63, 3.8) is 0 Å². The number of nitrogens with zero attached hydrogens (tertiary/aromatic N) is 2. The van der Waals surface area contributed by atoms with Gasteiger partial charge in [0.15, 0.2) is 0 Å². The van der Waals surface area contributed by atoms with Gasteiger partial charge in [0.1, 0.15) is 0 Å². The predicted octanol–water partition coefficient (Wildman–Crippen LogP) is 1.09. The second-order valence-electron chi connectivity index (χ2n) is 3.00. The van der Waals surface area contributed by atoms with E-state index < -0.39 is 0 Å². The van der Waals surface area contributed by atoms with Gasteiger partial charge in [-0.25, -0.2) is 4.79 Å². The maximum Gasteiger partial charge on any atom is 0.428 e. The minimum Gasteiger partial charge on any atom is -0.351 e. The highest BCUT2D eigenvalue weighted by Gasteiger charge is 2.20. The number of carbonyl (C=O) groups excluding carboxylic acids is 1. The summed E-state index contributed by atoms with van der Waals surface area (Å²) in [5, 5.41) is 1.54. The van der Waals surface area contributed by atoms with Gasteiger partial charge in [-0.15, -0.1) is 5.06 Å². The average molecular weight is 172 g/mol. The van der Waals surface area contributed by atoms with Crippen molar-refractivity contribution in [2.45, 2.75) is 19.8 Å². The molecule has 4 nitrogen and oxygen atoms in total. The van der Waals surface area contributed by atoms with Crippen molar-refractivity contribution in [1.82, 2.24) is 9.96 Å². The SMILES string of the molecule is CCN(C)OC(=O)N1CCCC1. The van der Waals surface area contributed by atoms with Crippen LogP contribution in [0.15, 0.2) is 0 Å². The standard InChI is InChI=1S/C8H16N2O2/c1-3-9(2)12-8(11)10-6-4-5-7-10/h3-7H2,1-2H3. The molecule has 0 aromatic rings. The van der Waals surface area contributed by atoms with Crippen LogP contribution in [0, 0.1) is 0 Å². The monoisotopic (exact) mass is 172 g/mol. The second kappa shape index (κ2) is 4.30. The Morgan fingerprint density at radius 2 is 2.08 bits per heavy atom. The average Bonchev–Trinajstić information content (AvgIpc) is 2.56. The lowest BCUT2D eigenvalue weighted by atomic mass is 10.4. The quantitative estimate of drug-likeness (QED) is 0.584. The van der Waals surface area contributed by atoms with Gasteiger partial charge in [-0.1, -0.05) is 0 Å². The summed E-state index contributed by atoms with van der Waals surface area (Å²) in [6.45, 7) is 4.35. The lowest BCUT2D eigenvalue weighted by Gasteiger charge is -2.19. The Morgan fingerprint density at radius 1 is 1.50 bits per heavy atom. The zero-order valence-electron chi connectivity index (χ0n) is 7.75. The molecular formula is C8H16N2O2. The lowest BCUT2D eigenvalue weighted by molar-refractivity contribution is -0.0862. The Bertz CT molecular complexity index is 155. The third-order valence-corrected chi connectivity index (χ3v) is 2.04. The fourth-order valence-corrected chi connectivity index (χ4v) is 1.16. The van der Waals surface area contributed by atoms with Crippen LogP contribution in [0.4, 0.5) is 4.79 Å². The molecule has 4 heteroatoms. The van der Waals surface area contributed by atoms with Crippen LogP contribution in [0.5, 0.6) is 0 Å². The molecule has 0 aromatic heterocycles. The van der Waals surface area contributed by atoms with Crippen molar-refractivity contribution in [2.75, 3.05) is 26.7 Å². The maximum atomic E-state index is 11.3. The van der Waals surface area contributed by atoms with Crippen LogP contribution >= 0.6 is 0 Å². The minimum atomic E-state index is -0.211. The third-order valence-electron chi connectivity index (χ3n) is 2.04. The van der Waals surface area contributed by atoms with E-state index in [2.05, 4.69) is 0 Å². The molecule has 0 atom stereocenters. The zero-order chi connectivity index (χ0) is 8.97. The molecule has 1 aliphatic heterocycles. The van der Waals surface area contributed by atoms with Crippen molar-refractivity contribution in [3.8, 4) is 0 Å². The summed E-state index contributed by atoms with van der Waals surface area (Å²) in [4.78, 5) is 18.0. The van der Waals surface area contributed by atoms with Crippen LogP contribution < -0.4 is 0 Å². The number of rotatable bonds is 2. The van der Waals surface area contributed by atoms with Crippen LogP contribution in [0.3, 0.4) is 0 Å². The van der Waals surface area contributed by atoms with Crippen molar-refractivity contribution in [1.29, 1.82) is 0 Å². The number of likely N-dealkylation sites (tertiary alicyclic amines) is 1. The first-order chi connectivity index (χ1) is 5.74. The van der Waals surface area contributed by atoms with Gasteiger partial charge in [0, 0.05) is 26.7 Å². The van der Waals surface area contributed by atoms with Crippen molar-refractivity contribution in [3.05, 3.63) is 0 Å². The molecule has 0 spiro atoms. The minimum absolute atomic E-state index is 0.211. The summed E-state index contributed by atoms with van der Waals surface area (Å²) in [5.74, 6) is 0. The number of carbonyl (C=O) groups is 1. The van der Waals surface area contributed by atoms with E-state index in [0.717, 1.165) is 32.5 Å². The highest BCUT2D eigenvalue weighted by atomic mass is 16.7. The van der Waals surface area contributed by atoms with E-state index in [-0.39, 0.29) is 6.09 Å². The molecule has 0 N–H and O–H groups in total. The third kappa shape index (κ3) is 2.37. The van der Waals surface area contributed by atoms with Gasteiger partial charge >= 0.3 is 6.09 Å². The number of amides is 1. The number of hydroxylamine groups is 2. The highest BCUT2D eigenvalue weighted by Crippen LogP contribution is 2.08. The smallest absolute Gasteiger partial charge is 0.351 e. The fraction of sp³-hybridized carbons (Fsp3) is 0.875. The second-order valence-corrected chi connectivity index (χ2v) is 3.00. The molecule has 0 unspecified atom stereocenters. The molecule has 1 saturated heterocycles. The molecule has 0 aliphatic carbocycles. The van der Waals surface area contributed by atoms with Crippen LogP contribution in [0.25, 0.3) is 0 Å². The van der Waals surface area contributed by atoms with Crippen LogP contribution in [0.2, 0.25) is 0 Å². The van der Waals surface area contributed by atoms with Crippen LogP contribution in [-0.4, -0.2) is 42.7 Å². The molecule has 0 bridgehead atoms. The van der Waals surface area contributed by atoms with Gasteiger partial charge in [-0.2, -0.15) is 0 Å². The number of hydrogen-bond acceptors (Lipinski definition) is 3. The normalized spacial score (nSPS) is 17.1. The Balaban J connectivity index is 2.27. The molecule has 1 aliphatic rings. The first kappa shape index (κ1) is 9.32. The summed E-state index contributed by atoms with van der Waals surface area (Å²) in [7, 11) is 1.76. The molecule has 0 saturated carbocycles. The van der Waals surface area contributed by atoms with Crippen LogP contribution in [-0.2, 0) is 4.84 Å². The van der Waals surface area contributed by atoms with Gasteiger partial charge in [-0.3, -0.25) is 0 Å². The molecule has 70 valence electrons. The number of hydrogen-bond donors (Lipinski definition) is 0. The Kier molecular flexibility index (Phi) is 3.34. The molecular weight excluding hydrogens is 156 g/mol. The van der Waals surface area contributed by atoms with Gasteiger partial charge in [0.2, 0.25) is 0 Å². The molecule has 0 aromatic carbocycles. The predicted molar refractivity (Wildman–Crippen MR) is 45.6 cm³/mol. The molecule has 0 radical (unpaired) electrons. The molecule has 1 rings (SSSR count). The summed E-state index contributed by atoms with van der Waals surface area (Å²) < 4.78 is 0. The Labute approximate surface area is 73.0 Å². The molecule has 1 fully saturated rings. The summed E-state index contributed by atoms with van der Waals surface area (Å²) in [6.07, 6.45) is 1.99. The first-order valence-electron chi connectivity index (χ1n) is 4.42. The highest BCUT2D eigenvalue weighted by molar-refractivity contribution is 5.67. The summed E-state index contributed by atoms with van der Waals surface area (Å²) in [5.41, 5.74) is 0. The zero-order valence-corrected chi connectivity index (χ0v) is 7.75. The van der Waals surface area contributed by atoms with E-state index in [4.69, 9.17) is 4.84 Å². The van der Waals surface area contributed by atoms with Crippen molar-refractivity contribution >= 4 is 6.09 Å². The lowest BCUT2D eigenvalue weighted by Crippen LogP contribution is -2.33. The van der Waals surface area contributed by atoms with E-state index in [1.54, 1.807) is 17.0 Å². The van der Waals surface area contributed by atoms with E-state index in [1.165, 1.54) is 0 Å². The van der Waals surface area contributed by atoms with Gasteiger partial charge in [-0.05, 0) is 19.8 Å². The van der Waals surface area contributed by atoms with Crippen molar-refractivity contribution < 1.29 is 9.63 Å². The molecule has 1 heterocycles. The van der Waals surface area contributed by atoms with E-state index >= 15 is 0 Å². The molecule has 1 amide bonds. The van der Waals surface area contributed by atoms with Gasteiger partial charge < -0.3 is 9.74 Å². The maximum absolute atomic E-state index is 11.3. The summed E-state index contributed by atoms with van der Waals surface area (Å²) in [6, 6.07) is 0. The van der Waals surface area contributed by atoms with E-state index in [9.17, 15) is 4.79 Å². The Morgan fingerprint density at radius 3 is 2.58 bits per heavy atom. The van der Waals surface area contributed by atoms with Crippen molar-refractivity contribution in [2.24, 2.45) is 0 Å². The topological polar surface area (TPSA) is 32.8 Å². The Hall–Kier alpha value is -0.770. The molecule has 12 heavy (non-hydrogen) atoms. The summed E-state index contributed by atoms with van der Waals surface area (Å²) >= 11 is 0. The van der Waals surface area contributed by atoms with Gasteiger partial charge in [0.05, 0.1) is 0 Å². The largest absolute Gasteiger partial charge is 0.428 e. The van der Waals surface area contributed by atoms with Crippen LogP contribution in [0.1, 0.15) is 19.8 Å². The van der Waals surface area contributed by atoms with Gasteiger partial charge in [0.25, 0.3) is 0 Å². The first-order valence-corrected chi connectivity index (χ1v) is 4.42. The van der Waals surface area contributed by atoms with E-state index in [1.807, 2.05) is 6.92 Å².